The Morgan fingerprint density at radius 2 is 2.29 bits per heavy atom. The molecule has 0 radical (unpaired) electrons. The van der Waals surface area contributed by atoms with Crippen LogP contribution in [0.1, 0.15) is 52.7 Å². The van der Waals surface area contributed by atoms with Gasteiger partial charge < -0.3 is 5.32 Å². The van der Waals surface area contributed by atoms with Crippen LogP contribution in [0.2, 0.25) is 0 Å². The van der Waals surface area contributed by atoms with Gasteiger partial charge in [0.1, 0.15) is 6.20 Å². The lowest BCUT2D eigenvalue weighted by Gasteiger charge is -2.24. The summed E-state index contributed by atoms with van der Waals surface area (Å²) in [7, 11) is 0. The van der Waals surface area contributed by atoms with Crippen molar-refractivity contribution in [3.05, 3.63) is 55.5 Å². The summed E-state index contributed by atoms with van der Waals surface area (Å²) < 4.78 is 0. The van der Waals surface area contributed by atoms with Crippen molar-refractivity contribution in [1.29, 1.82) is 0 Å². The molecule has 7 heteroatoms. The topological polar surface area (TPSA) is 85.1 Å². The van der Waals surface area contributed by atoms with Crippen LogP contribution >= 0.6 is 11.3 Å². The minimum atomic E-state index is -0.434. The van der Waals surface area contributed by atoms with Crippen molar-refractivity contribution in [2.45, 2.75) is 45.1 Å². The molecule has 1 N–H and O–H groups in total. The predicted octanol–water partition coefficient (Wildman–Crippen LogP) is 3.46. The summed E-state index contributed by atoms with van der Waals surface area (Å²) in [6, 6.07) is 3.55. The number of aryl methyl sites for hydroxylation is 1. The van der Waals surface area contributed by atoms with Gasteiger partial charge in [0.05, 0.1) is 9.80 Å². The van der Waals surface area contributed by atoms with Crippen LogP contribution in [0.15, 0.2) is 23.7 Å². The number of hydrogen-bond acceptors (Lipinski definition) is 5. The van der Waals surface area contributed by atoms with Gasteiger partial charge in [0.15, 0.2) is 0 Å². The number of nitrogens with zero attached hydrogens (tertiary/aromatic N) is 2. The Hall–Kier alpha value is -2.28. The van der Waals surface area contributed by atoms with Gasteiger partial charge in [0, 0.05) is 17.8 Å². The zero-order chi connectivity index (χ0) is 17.3. The Morgan fingerprint density at radius 3 is 3.00 bits per heavy atom. The molecule has 0 aliphatic heterocycles. The molecule has 3 rings (SSSR count). The molecule has 6 nitrogen and oxygen atoms in total. The average Bonchev–Trinajstić information content (AvgIpc) is 3.04. The van der Waals surface area contributed by atoms with Gasteiger partial charge in [0.2, 0.25) is 0 Å². The van der Waals surface area contributed by atoms with Gasteiger partial charge in [-0.2, -0.15) is 0 Å². The van der Waals surface area contributed by atoms with E-state index in [1.807, 2.05) is 11.4 Å². The van der Waals surface area contributed by atoms with Crippen molar-refractivity contribution >= 4 is 22.9 Å². The highest BCUT2D eigenvalue weighted by Crippen LogP contribution is 2.26. The molecule has 0 bridgehead atoms. The predicted molar refractivity (Wildman–Crippen MR) is 92.6 cm³/mol. The number of hydrogen-bond donors (Lipinski definition) is 1. The monoisotopic (exact) mass is 345 g/mol. The molecule has 0 saturated heterocycles. The summed E-state index contributed by atoms with van der Waals surface area (Å²) >= 11 is 1.45. The lowest BCUT2D eigenvalue weighted by atomic mass is 9.91. The van der Waals surface area contributed by atoms with Gasteiger partial charge in [-0.1, -0.05) is 13.8 Å². The van der Waals surface area contributed by atoms with E-state index in [4.69, 9.17) is 0 Å². The molecule has 1 aliphatic rings. The van der Waals surface area contributed by atoms with Gasteiger partial charge in [-0.05, 0) is 47.8 Å². The number of amides is 1. The van der Waals surface area contributed by atoms with Crippen molar-refractivity contribution in [3.8, 4) is 0 Å². The van der Waals surface area contributed by atoms with E-state index in [2.05, 4.69) is 24.1 Å². The smallest absolute Gasteiger partial charge is 0.287 e. The van der Waals surface area contributed by atoms with Gasteiger partial charge in [-0.3, -0.25) is 19.9 Å². The van der Waals surface area contributed by atoms with E-state index < -0.39 is 4.92 Å². The highest BCUT2D eigenvalue weighted by atomic mass is 32.1. The Balaban J connectivity index is 1.73. The average molecular weight is 345 g/mol. The zero-order valence-corrected chi connectivity index (χ0v) is 14.4. The van der Waals surface area contributed by atoms with Crippen LogP contribution in [-0.2, 0) is 12.8 Å². The molecule has 1 aliphatic carbocycles. The molecule has 2 heterocycles. The number of aromatic nitrogens is 1. The second-order valence-corrected chi connectivity index (χ2v) is 7.25. The maximum absolute atomic E-state index is 12.6. The Morgan fingerprint density at radius 1 is 1.50 bits per heavy atom. The van der Waals surface area contributed by atoms with Crippen molar-refractivity contribution in [2.75, 3.05) is 0 Å². The molecule has 0 unspecified atom stereocenters. The number of nitro groups is 1. The van der Waals surface area contributed by atoms with E-state index in [9.17, 15) is 14.9 Å². The second-order valence-electron chi connectivity index (χ2n) is 6.33. The van der Waals surface area contributed by atoms with Gasteiger partial charge >= 0.3 is 0 Å². The minimum Gasteiger partial charge on any atom is -0.348 e. The molecule has 24 heavy (non-hydrogen) atoms. The Labute approximate surface area is 144 Å². The first kappa shape index (κ1) is 16.6. The molecule has 126 valence electrons. The third kappa shape index (κ3) is 3.31. The number of thiophene rings is 1. The van der Waals surface area contributed by atoms with E-state index in [0.29, 0.717) is 12.3 Å². The highest BCUT2D eigenvalue weighted by Gasteiger charge is 2.25. The third-order valence-electron chi connectivity index (χ3n) is 4.31. The molecule has 0 saturated carbocycles. The Bertz CT molecular complexity index is 785. The van der Waals surface area contributed by atoms with Crippen LogP contribution < -0.4 is 5.32 Å². The van der Waals surface area contributed by atoms with E-state index >= 15 is 0 Å². The van der Waals surface area contributed by atoms with E-state index in [1.54, 1.807) is 6.07 Å². The maximum Gasteiger partial charge on any atom is 0.287 e. The lowest BCUT2D eigenvalue weighted by Crippen LogP contribution is -2.39. The summed E-state index contributed by atoms with van der Waals surface area (Å²) in [4.78, 5) is 28.0. The first-order chi connectivity index (χ1) is 11.5. The van der Waals surface area contributed by atoms with Crippen molar-refractivity contribution < 1.29 is 9.72 Å². The van der Waals surface area contributed by atoms with Crippen LogP contribution in [-0.4, -0.2) is 21.9 Å². The summed E-state index contributed by atoms with van der Waals surface area (Å²) in [6.07, 6.45) is 3.40. The van der Waals surface area contributed by atoms with Crippen molar-refractivity contribution in [3.63, 3.8) is 0 Å². The van der Waals surface area contributed by atoms with E-state index in [0.717, 1.165) is 34.5 Å². The largest absolute Gasteiger partial charge is 0.348 e. The summed E-state index contributed by atoms with van der Waals surface area (Å²) in [5.74, 6) is 0.247. The van der Waals surface area contributed by atoms with Crippen LogP contribution in [0.4, 0.5) is 5.69 Å². The van der Waals surface area contributed by atoms with Crippen molar-refractivity contribution in [2.24, 2.45) is 0 Å². The number of pyridine rings is 1. The second kappa shape index (κ2) is 6.68. The maximum atomic E-state index is 12.6. The van der Waals surface area contributed by atoms with Gasteiger partial charge in [-0.25, -0.2) is 0 Å². The standard InChI is InChI=1S/C17H19N3O3S/c1-10(2)14-5-6-24-16(14)17(21)19-12-3-4-15-11(7-12)8-13(9-18-15)20(22)23/h5-6,8-10,12H,3-4,7H2,1-2H3,(H,19,21)/t12-/m1/s1. The molecule has 0 aromatic carbocycles. The molecule has 2 aromatic heterocycles. The number of rotatable bonds is 4. The first-order valence-corrected chi connectivity index (χ1v) is 8.84. The summed E-state index contributed by atoms with van der Waals surface area (Å²) in [5.41, 5.74) is 2.81. The molecule has 0 spiro atoms. The molecule has 1 atom stereocenters. The van der Waals surface area contributed by atoms with E-state index in [1.165, 1.54) is 17.5 Å². The fourth-order valence-corrected chi connectivity index (χ4v) is 4.00. The zero-order valence-electron chi connectivity index (χ0n) is 13.6. The first-order valence-electron chi connectivity index (χ1n) is 7.96. The fraction of sp³-hybridized carbons (Fsp3) is 0.412. The molecular weight excluding hydrogens is 326 g/mol. The van der Waals surface area contributed by atoms with Gasteiger partial charge in [-0.15, -0.1) is 11.3 Å². The lowest BCUT2D eigenvalue weighted by molar-refractivity contribution is -0.385. The van der Waals surface area contributed by atoms with Crippen LogP contribution in [0.25, 0.3) is 0 Å². The minimum absolute atomic E-state index is 0.000998. The highest BCUT2D eigenvalue weighted by molar-refractivity contribution is 7.12. The number of carbonyl (C=O) groups excluding carboxylic acids is 1. The molecule has 0 fully saturated rings. The Kier molecular flexibility index (Phi) is 4.62. The summed E-state index contributed by atoms with van der Waals surface area (Å²) in [5, 5.41) is 15.9. The molecule has 2 aromatic rings. The number of fused-ring (bicyclic) bond motifs is 1. The fourth-order valence-electron chi connectivity index (χ4n) is 3.04. The quantitative estimate of drug-likeness (QED) is 0.679. The number of nitrogens with one attached hydrogen (secondary N) is 1. The SMILES string of the molecule is CC(C)c1ccsc1C(=O)N[C@@H]1CCc2ncc([N+](=O)[O-])cc2C1. The van der Waals surface area contributed by atoms with Gasteiger partial charge in [0.25, 0.3) is 11.6 Å². The van der Waals surface area contributed by atoms with Crippen LogP contribution in [0, 0.1) is 10.1 Å². The molecular formula is C17H19N3O3S. The van der Waals surface area contributed by atoms with Crippen molar-refractivity contribution in [1.82, 2.24) is 10.3 Å². The molecule has 1 amide bonds. The third-order valence-corrected chi connectivity index (χ3v) is 5.24. The number of carbonyl (C=O) groups is 1. The van der Waals surface area contributed by atoms with E-state index in [-0.39, 0.29) is 17.6 Å². The van der Waals surface area contributed by atoms with Crippen LogP contribution in [0.3, 0.4) is 0 Å². The summed E-state index contributed by atoms with van der Waals surface area (Å²) in [6.45, 7) is 4.14. The normalized spacial score (nSPS) is 16.7. The van der Waals surface area contributed by atoms with Crippen LogP contribution in [0.5, 0.6) is 0 Å².